The lowest BCUT2D eigenvalue weighted by Gasteiger charge is -2.28. The van der Waals surface area contributed by atoms with Crippen molar-refractivity contribution in [2.75, 3.05) is 32.9 Å². The summed E-state index contributed by atoms with van der Waals surface area (Å²) in [7, 11) is 0. The number of hydrogen-bond acceptors (Lipinski definition) is 5. The summed E-state index contributed by atoms with van der Waals surface area (Å²) in [6, 6.07) is 5.70. The highest BCUT2D eigenvalue weighted by molar-refractivity contribution is 6.32. The number of hydrogen-bond donors (Lipinski definition) is 3. The Morgan fingerprint density at radius 3 is 3.00 bits per heavy atom. The van der Waals surface area contributed by atoms with Gasteiger partial charge >= 0.3 is 0 Å². The third-order valence-corrected chi connectivity index (χ3v) is 3.95. The van der Waals surface area contributed by atoms with Gasteiger partial charge in [0.1, 0.15) is 12.4 Å². The van der Waals surface area contributed by atoms with E-state index in [9.17, 15) is 5.11 Å². The minimum atomic E-state index is -0.202. The molecule has 1 aliphatic heterocycles. The molecule has 2 atom stereocenters. The maximum atomic E-state index is 9.57. The monoisotopic (exact) mass is 328 g/mol. The molecule has 5 nitrogen and oxygen atoms in total. The Labute approximate surface area is 136 Å². The maximum Gasteiger partial charge on any atom is 0.140 e. The van der Waals surface area contributed by atoms with Crippen LogP contribution in [0.5, 0.6) is 5.75 Å². The van der Waals surface area contributed by atoms with Crippen molar-refractivity contribution in [2.24, 2.45) is 0 Å². The second kappa shape index (κ2) is 9.33. The average molecular weight is 329 g/mol. The van der Waals surface area contributed by atoms with E-state index < -0.39 is 0 Å². The molecule has 1 heterocycles. The van der Waals surface area contributed by atoms with Gasteiger partial charge in [0, 0.05) is 13.0 Å². The molecule has 0 saturated carbocycles. The van der Waals surface area contributed by atoms with Crippen molar-refractivity contribution in [2.45, 2.75) is 32.0 Å². The molecular weight excluding hydrogens is 304 g/mol. The number of nitrogens with one attached hydrogen (secondary N) is 2. The first kappa shape index (κ1) is 17.5. The standard InChI is InChI=1S/C16H25ClN2O3/c1-12-3-2-4-14(17)16(12)22-10-9-21-8-7-19-15-11-13(20)5-6-18-15/h2-4,13,15,18-20H,5-11H2,1H3. The Hall–Kier alpha value is -0.850. The van der Waals surface area contributed by atoms with Crippen molar-refractivity contribution >= 4 is 11.6 Å². The molecule has 3 N–H and O–H groups in total. The smallest absolute Gasteiger partial charge is 0.140 e. The summed E-state index contributed by atoms with van der Waals surface area (Å²) in [5.41, 5.74) is 1.02. The quantitative estimate of drug-likeness (QED) is 0.634. The van der Waals surface area contributed by atoms with Gasteiger partial charge in [-0.1, -0.05) is 23.7 Å². The van der Waals surface area contributed by atoms with Crippen molar-refractivity contribution in [1.29, 1.82) is 0 Å². The number of aliphatic hydroxyl groups is 1. The molecule has 0 spiro atoms. The van der Waals surface area contributed by atoms with Crippen molar-refractivity contribution in [3.8, 4) is 5.75 Å². The minimum Gasteiger partial charge on any atom is -0.489 e. The summed E-state index contributed by atoms with van der Waals surface area (Å²) < 4.78 is 11.2. The van der Waals surface area contributed by atoms with E-state index in [1.165, 1.54) is 0 Å². The molecule has 6 heteroatoms. The zero-order chi connectivity index (χ0) is 15.8. The maximum absolute atomic E-state index is 9.57. The third-order valence-electron chi connectivity index (χ3n) is 3.65. The van der Waals surface area contributed by atoms with Crippen LogP contribution in [0.15, 0.2) is 18.2 Å². The molecule has 124 valence electrons. The van der Waals surface area contributed by atoms with Crippen LogP contribution in [0.1, 0.15) is 18.4 Å². The Balaban J connectivity index is 1.53. The molecule has 1 aliphatic rings. The number of benzene rings is 1. The summed E-state index contributed by atoms with van der Waals surface area (Å²) >= 11 is 6.09. The van der Waals surface area contributed by atoms with E-state index in [1.54, 1.807) is 0 Å². The van der Waals surface area contributed by atoms with Crippen LogP contribution in [0, 0.1) is 6.92 Å². The fourth-order valence-electron chi connectivity index (χ4n) is 2.46. The predicted molar refractivity (Wildman–Crippen MR) is 87.5 cm³/mol. The number of ether oxygens (including phenoxy) is 2. The van der Waals surface area contributed by atoms with E-state index in [0.717, 1.165) is 37.2 Å². The molecule has 2 rings (SSSR count). The number of rotatable bonds is 8. The highest BCUT2D eigenvalue weighted by Crippen LogP contribution is 2.27. The highest BCUT2D eigenvalue weighted by Gasteiger charge is 2.18. The minimum absolute atomic E-state index is 0.175. The topological polar surface area (TPSA) is 62.8 Å². The number of para-hydroxylation sites is 1. The summed E-state index contributed by atoms with van der Waals surface area (Å²) in [6.07, 6.45) is 1.55. The number of aliphatic hydroxyl groups excluding tert-OH is 1. The van der Waals surface area contributed by atoms with E-state index in [1.807, 2.05) is 25.1 Å². The molecule has 0 aliphatic carbocycles. The molecule has 1 aromatic rings. The predicted octanol–water partition coefficient (Wildman–Crippen LogP) is 1.70. The van der Waals surface area contributed by atoms with Crippen LogP contribution in [0.4, 0.5) is 0 Å². The van der Waals surface area contributed by atoms with E-state index in [0.29, 0.717) is 24.8 Å². The van der Waals surface area contributed by atoms with Crippen LogP contribution in [-0.2, 0) is 4.74 Å². The molecular formula is C16H25ClN2O3. The lowest BCUT2D eigenvalue weighted by Crippen LogP contribution is -2.50. The second-order valence-electron chi connectivity index (χ2n) is 5.49. The number of halogens is 1. The van der Waals surface area contributed by atoms with Crippen LogP contribution in [0.3, 0.4) is 0 Å². The number of aryl methyl sites for hydroxylation is 1. The Bertz CT molecular complexity index is 439. The van der Waals surface area contributed by atoms with E-state index in [4.69, 9.17) is 21.1 Å². The molecule has 0 radical (unpaired) electrons. The SMILES string of the molecule is Cc1cccc(Cl)c1OCCOCCNC1CC(O)CCN1. The van der Waals surface area contributed by atoms with Gasteiger partial charge in [-0.2, -0.15) is 0 Å². The lowest BCUT2D eigenvalue weighted by atomic mass is 10.1. The Morgan fingerprint density at radius 2 is 2.23 bits per heavy atom. The lowest BCUT2D eigenvalue weighted by molar-refractivity contribution is 0.0862. The van der Waals surface area contributed by atoms with Crippen molar-refractivity contribution < 1.29 is 14.6 Å². The molecule has 1 fully saturated rings. The van der Waals surface area contributed by atoms with Crippen molar-refractivity contribution in [3.63, 3.8) is 0 Å². The van der Waals surface area contributed by atoms with E-state index >= 15 is 0 Å². The van der Waals surface area contributed by atoms with Crippen LogP contribution < -0.4 is 15.4 Å². The first-order valence-corrected chi connectivity index (χ1v) is 8.15. The van der Waals surface area contributed by atoms with Crippen molar-refractivity contribution in [1.82, 2.24) is 10.6 Å². The van der Waals surface area contributed by atoms with Crippen LogP contribution in [0.25, 0.3) is 0 Å². The van der Waals surface area contributed by atoms with Gasteiger partial charge in [0.2, 0.25) is 0 Å². The molecule has 2 unspecified atom stereocenters. The number of piperidine rings is 1. The summed E-state index contributed by atoms with van der Waals surface area (Å²) in [5.74, 6) is 0.728. The summed E-state index contributed by atoms with van der Waals surface area (Å²) in [4.78, 5) is 0. The molecule has 1 saturated heterocycles. The highest BCUT2D eigenvalue weighted by atomic mass is 35.5. The zero-order valence-corrected chi connectivity index (χ0v) is 13.7. The first-order valence-electron chi connectivity index (χ1n) is 7.77. The van der Waals surface area contributed by atoms with Gasteiger partial charge in [-0.25, -0.2) is 0 Å². The molecule has 0 amide bonds. The van der Waals surface area contributed by atoms with Crippen LogP contribution in [-0.4, -0.2) is 50.3 Å². The van der Waals surface area contributed by atoms with Crippen LogP contribution >= 0.6 is 11.6 Å². The fourth-order valence-corrected chi connectivity index (χ4v) is 2.74. The van der Waals surface area contributed by atoms with Crippen molar-refractivity contribution in [3.05, 3.63) is 28.8 Å². The van der Waals surface area contributed by atoms with E-state index in [-0.39, 0.29) is 12.3 Å². The summed E-state index contributed by atoms with van der Waals surface area (Å²) in [6.45, 7) is 5.18. The molecule has 22 heavy (non-hydrogen) atoms. The molecule has 0 bridgehead atoms. The van der Waals surface area contributed by atoms with Gasteiger partial charge in [-0.15, -0.1) is 0 Å². The normalized spacial score (nSPS) is 21.8. The molecule has 1 aromatic carbocycles. The first-order chi connectivity index (χ1) is 10.7. The molecule has 0 aromatic heterocycles. The Morgan fingerprint density at radius 1 is 1.36 bits per heavy atom. The van der Waals surface area contributed by atoms with Gasteiger partial charge in [0.15, 0.2) is 0 Å². The Kier molecular flexibility index (Phi) is 7.42. The van der Waals surface area contributed by atoms with E-state index in [2.05, 4.69) is 10.6 Å². The fraction of sp³-hybridized carbons (Fsp3) is 0.625. The summed E-state index contributed by atoms with van der Waals surface area (Å²) in [5, 5.41) is 16.8. The van der Waals surface area contributed by atoms with Crippen LogP contribution in [0.2, 0.25) is 5.02 Å². The third kappa shape index (κ3) is 5.74. The van der Waals surface area contributed by atoms with Gasteiger partial charge in [0.25, 0.3) is 0 Å². The largest absolute Gasteiger partial charge is 0.489 e. The van der Waals surface area contributed by atoms with Gasteiger partial charge in [-0.3, -0.25) is 5.32 Å². The second-order valence-corrected chi connectivity index (χ2v) is 5.89. The van der Waals surface area contributed by atoms with Gasteiger partial charge < -0.3 is 19.9 Å². The average Bonchev–Trinajstić information content (AvgIpc) is 2.49. The zero-order valence-electron chi connectivity index (χ0n) is 13.0. The van der Waals surface area contributed by atoms with Gasteiger partial charge in [0.05, 0.1) is 30.5 Å². The van der Waals surface area contributed by atoms with Gasteiger partial charge in [-0.05, 0) is 31.5 Å².